The highest BCUT2D eigenvalue weighted by Gasteiger charge is 2.18. The van der Waals surface area contributed by atoms with Crippen LogP contribution >= 0.6 is 0 Å². The van der Waals surface area contributed by atoms with E-state index in [-0.39, 0.29) is 6.04 Å². The Hall–Kier alpha value is -1.59. The zero-order valence-electron chi connectivity index (χ0n) is 7.84. The van der Waals surface area contributed by atoms with E-state index >= 15 is 0 Å². The molecule has 0 fully saturated rings. The molecule has 0 radical (unpaired) electrons. The van der Waals surface area contributed by atoms with Crippen LogP contribution in [0.15, 0.2) is 35.2 Å². The molecule has 0 saturated heterocycles. The van der Waals surface area contributed by atoms with Crippen molar-refractivity contribution in [2.24, 2.45) is 12.9 Å². The highest BCUT2D eigenvalue weighted by molar-refractivity contribution is 5.14. The van der Waals surface area contributed by atoms with Gasteiger partial charge in [-0.05, 0) is 12.1 Å². The van der Waals surface area contributed by atoms with Gasteiger partial charge >= 0.3 is 0 Å². The van der Waals surface area contributed by atoms with Gasteiger partial charge in [0.15, 0.2) is 0 Å². The molecule has 2 rings (SSSR count). The Balaban J connectivity index is 2.36. The topological polar surface area (TPSA) is 69.0 Å². The largest absolute Gasteiger partial charge is 0.467 e. The first kappa shape index (κ1) is 8.98. The first-order valence-electron chi connectivity index (χ1n) is 4.29. The molecule has 0 aliphatic heterocycles. The normalized spacial score (nSPS) is 13.0. The smallest absolute Gasteiger partial charge is 0.137 e. The molecular formula is C9H12N4O. The molecule has 0 aliphatic carbocycles. The average Bonchev–Trinajstić information content (AvgIpc) is 2.80. The number of hydrogen-bond donors (Lipinski definition) is 2. The number of hydrogen-bond acceptors (Lipinski definition) is 4. The van der Waals surface area contributed by atoms with Crippen LogP contribution in [0.2, 0.25) is 0 Å². The third-order valence-electron chi connectivity index (χ3n) is 2.11. The zero-order chi connectivity index (χ0) is 9.97. The maximum atomic E-state index is 5.46. The van der Waals surface area contributed by atoms with E-state index in [2.05, 4.69) is 10.4 Å². The van der Waals surface area contributed by atoms with Gasteiger partial charge in [-0.3, -0.25) is 5.84 Å². The highest BCUT2D eigenvalue weighted by Crippen LogP contribution is 2.19. The molecule has 0 amide bonds. The fourth-order valence-electron chi connectivity index (χ4n) is 1.39. The molecule has 5 nitrogen and oxygen atoms in total. The van der Waals surface area contributed by atoms with Crippen molar-refractivity contribution < 1.29 is 4.42 Å². The Labute approximate surface area is 81.5 Å². The lowest BCUT2D eigenvalue weighted by atomic mass is 10.2. The van der Waals surface area contributed by atoms with E-state index < -0.39 is 0 Å². The summed E-state index contributed by atoms with van der Waals surface area (Å²) in [6.45, 7) is 0. The van der Waals surface area contributed by atoms with Crippen molar-refractivity contribution in [1.29, 1.82) is 0 Å². The van der Waals surface area contributed by atoms with Crippen molar-refractivity contribution in [2.45, 2.75) is 6.04 Å². The Morgan fingerprint density at radius 3 is 3.00 bits per heavy atom. The van der Waals surface area contributed by atoms with Crippen molar-refractivity contribution >= 4 is 0 Å². The predicted molar refractivity (Wildman–Crippen MR) is 51.1 cm³/mol. The molecule has 0 saturated carbocycles. The van der Waals surface area contributed by atoms with Crippen LogP contribution in [0, 0.1) is 0 Å². The number of imidazole rings is 1. The van der Waals surface area contributed by atoms with Crippen LogP contribution in [0.25, 0.3) is 0 Å². The Kier molecular flexibility index (Phi) is 2.34. The number of nitrogens with one attached hydrogen (secondary N) is 1. The van der Waals surface area contributed by atoms with E-state index in [1.54, 1.807) is 12.5 Å². The van der Waals surface area contributed by atoms with Crippen molar-refractivity contribution in [1.82, 2.24) is 15.0 Å². The second-order valence-electron chi connectivity index (χ2n) is 3.01. The molecule has 3 N–H and O–H groups in total. The molecular weight excluding hydrogens is 180 g/mol. The summed E-state index contributed by atoms with van der Waals surface area (Å²) >= 11 is 0. The third-order valence-corrected chi connectivity index (χ3v) is 2.11. The van der Waals surface area contributed by atoms with Crippen LogP contribution in [0.4, 0.5) is 0 Å². The molecule has 1 unspecified atom stereocenters. The standard InChI is InChI=1S/C9H12N4O/c1-13-5-4-11-9(13)8(12-10)7-3-2-6-14-7/h2-6,8,12H,10H2,1H3. The summed E-state index contributed by atoms with van der Waals surface area (Å²) in [5.41, 5.74) is 2.67. The fourth-order valence-corrected chi connectivity index (χ4v) is 1.39. The van der Waals surface area contributed by atoms with Crippen molar-refractivity contribution in [3.8, 4) is 0 Å². The number of aryl methyl sites for hydroxylation is 1. The van der Waals surface area contributed by atoms with Crippen LogP contribution in [0.1, 0.15) is 17.6 Å². The van der Waals surface area contributed by atoms with E-state index in [4.69, 9.17) is 10.3 Å². The van der Waals surface area contributed by atoms with Crippen molar-refractivity contribution in [3.05, 3.63) is 42.4 Å². The maximum Gasteiger partial charge on any atom is 0.137 e. The SMILES string of the molecule is Cn1ccnc1C(NN)c1ccco1. The van der Waals surface area contributed by atoms with E-state index in [1.165, 1.54) is 0 Å². The van der Waals surface area contributed by atoms with E-state index in [9.17, 15) is 0 Å². The van der Waals surface area contributed by atoms with Crippen LogP contribution < -0.4 is 11.3 Å². The van der Waals surface area contributed by atoms with Gasteiger partial charge in [0.1, 0.15) is 17.6 Å². The summed E-state index contributed by atoms with van der Waals surface area (Å²) in [6, 6.07) is 3.48. The quantitative estimate of drug-likeness (QED) is 0.551. The van der Waals surface area contributed by atoms with E-state index in [0.29, 0.717) is 0 Å². The van der Waals surface area contributed by atoms with E-state index in [1.807, 2.05) is 29.9 Å². The molecule has 74 valence electrons. The minimum atomic E-state index is -0.204. The van der Waals surface area contributed by atoms with Gasteiger partial charge < -0.3 is 8.98 Å². The van der Waals surface area contributed by atoms with Gasteiger partial charge in [-0.15, -0.1) is 0 Å². The molecule has 14 heavy (non-hydrogen) atoms. The maximum absolute atomic E-state index is 5.46. The summed E-state index contributed by atoms with van der Waals surface area (Å²) in [5, 5.41) is 0. The number of nitrogens with zero attached hydrogens (tertiary/aromatic N) is 2. The molecule has 2 aromatic heterocycles. The third kappa shape index (κ3) is 1.43. The Bertz CT molecular complexity index is 393. The number of nitrogens with two attached hydrogens (primary N) is 1. The lowest BCUT2D eigenvalue weighted by molar-refractivity contribution is 0.436. The van der Waals surface area contributed by atoms with Gasteiger partial charge in [-0.25, -0.2) is 10.4 Å². The number of aromatic nitrogens is 2. The van der Waals surface area contributed by atoms with Crippen LogP contribution in [0.3, 0.4) is 0 Å². The van der Waals surface area contributed by atoms with E-state index in [0.717, 1.165) is 11.6 Å². The molecule has 0 spiro atoms. The second-order valence-corrected chi connectivity index (χ2v) is 3.01. The predicted octanol–water partition coefficient (Wildman–Crippen LogP) is 0.566. The van der Waals surface area contributed by atoms with Crippen molar-refractivity contribution in [2.75, 3.05) is 0 Å². The fraction of sp³-hybridized carbons (Fsp3) is 0.222. The number of furan rings is 1. The first-order chi connectivity index (χ1) is 6.83. The molecule has 0 bridgehead atoms. The monoisotopic (exact) mass is 192 g/mol. The number of rotatable bonds is 3. The summed E-state index contributed by atoms with van der Waals surface area (Å²) in [5.74, 6) is 7.03. The lowest BCUT2D eigenvalue weighted by Gasteiger charge is -2.12. The second kappa shape index (κ2) is 3.65. The van der Waals surface area contributed by atoms with Crippen LogP contribution in [-0.2, 0) is 7.05 Å². The van der Waals surface area contributed by atoms with Crippen LogP contribution in [-0.4, -0.2) is 9.55 Å². The average molecular weight is 192 g/mol. The van der Waals surface area contributed by atoms with Gasteiger partial charge in [0.2, 0.25) is 0 Å². The first-order valence-corrected chi connectivity index (χ1v) is 4.29. The summed E-state index contributed by atoms with van der Waals surface area (Å²) in [6.07, 6.45) is 5.20. The Morgan fingerprint density at radius 2 is 2.50 bits per heavy atom. The molecule has 0 aromatic carbocycles. The van der Waals surface area contributed by atoms with Gasteiger partial charge in [0.05, 0.1) is 6.26 Å². The van der Waals surface area contributed by atoms with Gasteiger partial charge in [-0.1, -0.05) is 0 Å². The van der Waals surface area contributed by atoms with Gasteiger partial charge in [-0.2, -0.15) is 0 Å². The molecule has 2 aromatic rings. The highest BCUT2D eigenvalue weighted by atomic mass is 16.3. The van der Waals surface area contributed by atoms with Crippen LogP contribution in [0.5, 0.6) is 0 Å². The molecule has 1 atom stereocenters. The summed E-state index contributed by atoms with van der Waals surface area (Å²) in [7, 11) is 1.91. The van der Waals surface area contributed by atoms with Crippen molar-refractivity contribution in [3.63, 3.8) is 0 Å². The molecule has 2 heterocycles. The summed E-state index contributed by atoms with van der Waals surface area (Å²) < 4.78 is 7.17. The molecule has 0 aliphatic rings. The summed E-state index contributed by atoms with van der Waals surface area (Å²) in [4.78, 5) is 4.20. The zero-order valence-corrected chi connectivity index (χ0v) is 7.84. The lowest BCUT2D eigenvalue weighted by Crippen LogP contribution is -2.30. The number of hydrazine groups is 1. The Morgan fingerprint density at radius 1 is 1.64 bits per heavy atom. The minimum absolute atomic E-state index is 0.204. The van der Waals surface area contributed by atoms with Gasteiger partial charge in [0.25, 0.3) is 0 Å². The van der Waals surface area contributed by atoms with Gasteiger partial charge in [0, 0.05) is 19.4 Å². The minimum Gasteiger partial charge on any atom is -0.467 e. The molecule has 5 heteroatoms.